The lowest BCUT2D eigenvalue weighted by atomic mass is 9.89. The van der Waals surface area contributed by atoms with Crippen molar-refractivity contribution in [3.8, 4) is 5.75 Å². The topological polar surface area (TPSA) is 66.8 Å². The van der Waals surface area contributed by atoms with Crippen LogP contribution in [0.25, 0.3) is 0 Å². The molecule has 24 heavy (non-hydrogen) atoms. The molecule has 1 heterocycles. The summed E-state index contributed by atoms with van der Waals surface area (Å²) >= 11 is 0. The summed E-state index contributed by atoms with van der Waals surface area (Å²) in [5.74, 6) is -1.22. The number of likely N-dealkylation sites (tertiary alicyclic amines) is 1. The molecule has 0 aliphatic carbocycles. The first-order valence-electron chi connectivity index (χ1n) is 7.81. The van der Waals surface area contributed by atoms with Crippen LogP contribution in [0.15, 0.2) is 54.6 Å². The van der Waals surface area contributed by atoms with Gasteiger partial charge in [-0.2, -0.15) is 0 Å². The van der Waals surface area contributed by atoms with E-state index in [9.17, 15) is 14.7 Å². The molecule has 1 N–H and O–H groups in total. The Morgan fingerprint density at radius 3 is 2.50 bits per heavy atom. The lowest BCUT2D eigenvalue weighted by molar-refractivity contribution is -0.141. The summed E-state index contributed by atoms with van der Waals surface area (Å²) in [4.78, 5) is 26.0. The van der Waals surface area contributed by atoms with E-state index in [0.29, 0.717) is 17.9 Å². The molecular weight excluding hydrogens is 306 g/mol. The highest BCUT2D eigenvalue weighted by Gasteiger charge is 2.40. The molecule has 1 aliphatic rings. The van der Waals surface area contributed by atoms with E-state index >= 15 is 0 Å². The fourth-order valence-electron chi connectivity index (χ4n) is 3.20. The molecular formula is C19H19NO4. The number of hydrogen-bond acceptors (Lipinski definition) is 3. The van der Waals surface area contributed by atoms with Crippen LogP contribution >= 0.6 is 0 Å². The molecule has 1 fully saturated rings. The van der Waals surface area contributed by atoms with E-state index in [0.717, 1.165) is 5.56 Å². The molecule has 1 saturated heterocycles. The number of benzene rings is 2. The maximum Gasteiger partial charge on any atom is 0.308 e. The predicted octanol–water partition coefficient (Wildman–Crippen LogP) is 2.64. The first kappa shape index (κ1) is 16.1. The fourth-order valence-corrected chi connectivity index (χ4v) is 3.20. The zero-order valence-corrected chi connectivity index (χ0v) is 13.4. The molecule has 5 heteroatoms. The first-order chi connectivity index (χ1) is 11.6. The van der Waals surface area contributed by atoms with E-state index in [-0.39, 0.29) is 18.4 Å². The van der Waals surface area contributed by atoms with Crippen molar-refractivity contribution < 1.29 is 19.4 Å². The zero-order chi connectivity index (χ0) is 17.1. The number of aliphatic carboxylic acids is 1. The SMILES string of the molecule is COc1cccc(C(=O)N2CC(C(=O)O)C(c3ccccc3)C2)c1. The number of methoxy groups -OCH3 is 1. The van der Waals surface area contributed by atoms with Crippen molar-refractivity contribution in [2.24, 2.45) is 5.92 Å². The van der Waals surface area contributed by atoms with Gasteiger partial charge < -0.3 is 14.7 Å². The second kappa shape index (κ2) is 6.74. The normalized spacial score (nSPS) is 20.0. The molecule has 0 bridgehead atoms. The van der Waals surface area contributed by atoms with Gasteiger partial charge in [0.2, 0.25) is 0 Å². The molecule has 1 aliphatic heterocycles. The van der Waals surface area contributed by atoms with Crippen LogP contribution in [0.5, 0.6) is 5.75 Å². The fraction of sp³-hybridized carbons (Fsp3) is 0.263. The van der Waals surface area contributed by atoms with Gasteiger partial charge in [-0.3, -0.25) is 9.59 Å². The molecule has 2 aromatic rings. The Labute approximate surface area is 140 Å². The summed E-state index contributed by atoms with van der Waals surface area (Å²) in [7, 11) is 1.55. The number of ether oxygens (including phenoxy) is 1. The molecule has 2 unspecified atom stereocenters. The van der Waals surface area contributed by atoms with Crippen molar-refractivity contribution in [3.05, 3.63) is 65.7 Å². The van der Waals surface area contributed by atoms with Crippen LogP contribution in [0.1, 0.15) is 21.8 Å². The van der Waals surface area contributed by atoms with E-state index in [1.54, 1.807) is 36.3 Å². The maximum absolute atomic E-state index is 12.7. The van der Waals surface area contributed by atoms with Gasteiger partial charge in [0.25, 0.3) is 5.91 Å². The Bertz CT molecular complexity index is 744. The quantitative estimate of drug-likeness (QED) is 0.938. The van der Waals surface area contributed by atoms with Crippen molar-refractivity contribution in [2.45, 2.75) is 5.92 Å². The second-order valence-corrected chi connectivity index (χ2v) is 5.90. The van der Waals surface area contributed by atoms with E-state index in [1.165, 1.54) is 0 Å². The third-order valence-corrected chi connectivity index (χ3v) is 4.47. The van der Waals surface area contributed by atoms with Crippen LogP contribution < -0.4 is 4.74 Å². The number of carboxylic acid groups (broad SMARTS) is 1. The third-order valence-electron chi connectivity index (χ3n) is 4.47. The average molecular weight is 325 g/mol. The lowest BCUT2D eigenvalue weighted by Gasteiger charge is -2.17. The smallest absolute Gasteiger partial charge is 0.308 e. The Morgan fingerprint density at radius 1 is 1.08 bits per heavy atom. The molecule has 5 nitrogen and oxygen atoms in total. The Kier molecular flexibility index (Phi) is 4.51. The Hall–Kier alpha value is -2.82. The minimum atomic E-state index is -0.871. The Balaban J connectivity index is 1.85. The van der Waals surface area contributed by atoms with Gasteiger partial charge in [0.15, 0.2) is 0 Å². The van der Waals surface area contributed by atoms with Gasteiger partial charge in [-0.15, -0.1) is 0 Å². The van der Waals surface area contributed by atoms with Gasteiger partial charge in [-0.05, 0) is 23.8 Å². The summed E-state index contributed by atoms with van der Waals surface area (Å²) < 4.78 is 5.15. The van der Waals surface area contributed by atoms with Crippen LogP contribution in [0, 0.1) is 5.92 Å². The molecule has 2 atom stereocenters. The number of rotatable bonds is 4. The number of carbonyl (C=O) groups excluding carboxylic acids is 1. The molecule has 2 aromatic carbocycles. The highest BCUT2D eigenvalue weighted by atomic mass is 16.5. The van der Waals surface area contributed by atoms with Crippen molar-refractivity contribution in [1.82, 2.24) is 4.90 Å². The maximum atomic E-state index is 12.7. The Morgan fingerprint density at radius 2 is 1.83 bits per heavy atom. The molecule has 0 aromatic heterocycles. The summed E-state index contributed by atoms with van der Waals surface area (Å²) in [6, 6.07) is 16.4. The second-order valence-electron chi connectivity index (χ2n) is 5.90. The average Bonchev–Trinajstić information content (AvgIpc) is 3.07. The van der Waals surface area contributed by atoms with Gasteiger partial charge in [-0.1, -0.05) is 36.4 Å². The summed E-state index contributed by atoms with van der Waals surface area (Å²) in [6.07, 6.45) is 0. The van der Waals surface area contributed by atoms with Crippen LogP contribution in [0.4, 0.5) is 0 Å². The number of carboxylic acids is 1. The van der Waals surface area contributed by atoms with Crippen LogP contribution in [0.2, 0.25) is 0 Å². The number of hydrogen-bond donors (Lipinski definition) is 1. The number of amides is 1. The minimum Gasteiger partial charge on any atom is -0.497 e. The van der Waals surface area contributed by atoms with E-state index in [2.05, 4.69) is 0 Å². The zero-order valence-electron chi connectivity index (χ0n) is 13.4. The molecule has 0 radical (unpaired) electrons. The monoisotopic (exact) mass is 325 g/mol. The van der Waals surface area contributed by atoms with Gasteiger partial charge in [-0.25, -0.2) is 0 Å². The van der Waals surface area contributed by atoms with E-state index in [4.69, 9.17) is 4.74 Å². The highest BCUT2D eigenvalue weighted by molar-refractivity contribution is 5.95. The standard InChI is InChI=1S/C19H19NO4/c1-24-15-9-5-8-14(10-15)18(21)20-11-16(17(12-20)19(22)23)13-6-3-2-4-7-13/h2-10,16-17H,11-12H2,1H3,(H,22,23). The van der Waals surface area contributed by atoms with Gasteiger partial charge in [0, 0.05) is 24.6 Å². The van der Waals surface area contributed by atoms with Gasteiger partial charge >= 0.3 is 5.97 Å². The van der Waals surface area contributed by atoms with Crippen molar-refractivity contribution in [2.75, 3.05) is 20.2 Å². The summed E-state index contributed by atoms with van der Waals surface area (Å²) in [5, 5.41) is 9.54. The van der Waals surface area contributed by atoms with Crippen LogP contribution in [0.3, 0.4) is 0 Å². The molecule has 1 amide bonds. The number of nitrogens with zero attached hydrogens (tertiary/aromatic N) is 1. The number of carbonyl (C=O) groups is 2. The van der Waals surface area contributed by atoms with Crippen LogP contribution in [-0.4, -0.2) is 42.1 Å². The summed E-state index contributed by atoms with van der Waals surface area (Å²) in [5.41, 5.74) is 1.46. The lowest BCUT2D eigenvalue weighted by Crippen LogP contribution is -2.29. The predicted molar refractivity (Wildman–Crippen MR) is 89.2 cm³/mol. The van der Waals surface area contributed by atoms with Crippen molar-refractivity contribution in [1.29, 1.82) is 0 Å². The molecule has 124 valence electrons. The van der Waals surface area contributed by atoms with Crippen molar-refractivity contribution in [3.63, 3.8) is 0 Å². The van der Waals surface area contributed by atoms with E-state index in [1.807, 2.05) is 30.3 Å². The van der Waals surface area contributed by atoms with Crippen molar-refractivity contribution >= 4 is 11.9 Å². The summed E-state index contributed by atoms with van der Waals surface area (Å²) in [6.45, 7) is 0.613. The van der Waals surface area contributed by atoms with Gasteiger partial charge in [0.1, 0.15) is 5.75 Å². The molecule has 3 rings (SSSR count). The largest absolute Gasteiger partial charge is 0.497 e. The highest BCUT2D eigenvalue weighted by Crippen LogP contribution is 2.33. The van der Waals surface area contributed by atoms with E-state index < -0.39 is 11.9 Å². The minimum absolute atomic E-state index is 0.168. The van der Waals surface area contributed by atoms with Gasteiger partial charge in [0.05, 0.1) is 13.0 Å². The van der Waals surface area contributed by atoms with Crippen LogP contribution in [-0.2, 0) is 4.79 Å². The first-order valence-corrected chi connectivity index (χ1v) is 7.81. The molecule has 0 spiro atoms. The third kappa shape index (κ3) is 3.11. The molecule has 0 saturated carbocycles.